The van der Waals surface area contributed by atoms with E-state index in [1.807, 2.05) is 25.1 Å². The van der Waals surface area contributed by atoms with Crippen LogP contribution in [-0.4, -0.2) is 15.5 Å². The normalized spacial score (nSPS) is 14.5. The molecule has 1 aliphatic carbocycles. The van der Waals surface area contributed by atoms with E-state index in [1.54, 1.807) is 22.2 Å². The van der Waals surface area contributed by atoms with Gasteiger partial charge < -0.3 is 5.32 Å². The molecule has 2 aromatic carbocycles. The molecule has 0 bridgehead atoms. The van der Waals surface area contributed by atoms with Crippen LogP contribution in [0, 0.1) is 0 Å². The molecular weight excluding hydrogens is 406 g/mol. The van der Waals surface area contributed by atoms with Crippen molar-refractivity contribution in [2.75, 3.05) is 0 Å². The van der Waals surface area contributed by atoms with Crippen LogP contribution >= 0.6 is 11.3 Å². The lowest BCUT2D eigenvalue weighted by Crippen LogP contribution is -2.29. The number of thiophene rings is 1. The molecule has 6 heteroatoms. The maximum atomic E-state index is 13.1. The van der Waals surface area contributed by atoms with Crippen LogP contribution in [-0.2, 0) is 24.2 Å². The molecule has 31 heavy (non-hydrogen) atoms. The van der Waals surface area contributed by atoms with Gasteiger partial charge in [-0.05, 0) is 54.5 Å². The minimum absolute atomic E-state index is 0.0145. The van der Waals surface area contributed by atoms with E-state index in [4.69, 9.17) is 0 Å². The van der Waals surface area contributed by atoms with Crippen molar-refractivity contribution in [1.29, 1.82) is 0 Å². The SMILES string of the molecule is CC(NC(=O)CCn1cnc2sc3c(c2c1=O)CCCC3)c1cccc2ccccc12. The molecule has 0 saturated heterocycles. The summed E-state index contributed by atoms with van der Waals surface area (Å²) in [7, 11) is 0. The number of carbonyl (C=O) groups excluding carboxylic acids is 1. The topological polar surface area (TPSA) is 64.0 Å². The minimum Gasteiger partial charge on any atom is -0.350 e. The Morgan fingerprint density at radius 2 is 1.97 bits per heavy atom. The minimum atomic E-state index is -0.111. The second-order valence-electron chi connectivity index (χ2n) is 8.24. The Morgan fingerprint density at radius 1 is 1.16 bits per heavy atom. The molecule has 0 aliphatic heterocycles. The molecule has 0 saturated carbocycles. The molecule has 5 rings (SSSR count). The zero-order valence-corrected chi connectivity index (χ0v) is 18.4. The van der Waals surface area contributed by atoms with Crippen molar-refractivity contribution in [2.45, 2.75) is 51.6 Å². The Kier molecular flexibility index (Phi) is 5.32. The molecule has 0 fully saturated rings. The average Bonchev–Trinajstić information content (AvgIpc) is 3.17. The van der Waals surface area contributed by atoms with E-state index >= 15 is 0 Å². The van der Waals surface area contributed by atoms with Crippen molar-refractivity contribution in [3.8, 4) is 0 Å². The standard InChI is InChI=1S/C25H25N3O2S/c1-16(18-11-6-8-17-7-2-3-9-19(17)18)27-22(29)13-14-28-15-26-24-23(25(28)30)20-10-4-5-12-21(20)31-24/h2-3,6-9,11,15-16H,4-5,10,12-14H2,1H3,(H,27,29). The molecule has 1 atom stereocenters. The van der Waals surface area contributed by atoms with E-state index in [1.165, 1.54) is 16.9 Å². The van der Waals surface area contributed by atoms with E-state index in [0.717, 1.165) is 45.8 Å². The lowest BCUT2D eigenvalue weighted by atomic mass is 9.97. The summed E-state index contributed by atoms with van der Waals surface area (Å²) in [6.45, 7) is 2.33. The Hall–Kier alpha value is -2.99. The number of hydrogen-bond donors (Lipinski definition) is 1. The summed E-state index contributed by atoms with van der Waals surface area (Å²) < 4.78 is 1.59. The van der Waals surface area contributed by atoms with Gasteiger partial charge in [0.25, 0.3) is 5.56 Å². The molecule has 0 spiro atoms. The summed E-state index contributed by atoms with van der Waals surface area (Å²) in [5.41, 5.74) is 2.27. The number of nitrogens with one attached hydrogen (secondary N) is 1. The zero-order chi connectivity index (χ0) is 21.4. The van der Waals surface area contributed by atoms with Crippen molar-refractivity contribution >= 4 is 38.2 Å². The fraction of sp³-hybridized carbons (Fsp3) is 0.320. The highest BCUT2D eigenvalue weighted by Gasteiger charge is 2.20. The Labute approximate surface area is 184 Å². The number of fused-ring (bicyclic) bond motifs is 4. The predicted molar refractivity (Wildman–Crippen MR) is 126 cm³/mol. The highest BCUT2D eigenvalue weighted by atomic mass is 32.1. The molecule has 158 valence electrons. The number of hydrogen-bond acceptors (Lipinski definition) is 4. The van der Waals surface area contributed by atoms with Crippen LogP contribution in [0.1, 0.15) is 48.2 Å². The fourth-order valence-corrected chi connectivity index (χ4v) is 5.80. The summed E-state index contributed by atoms with van der Waals surface area (Å²) in [5.74, 6) is -0.0696. The number of nitrogens with zero attached hydrogens (tertiary/aromatic N) is 2. The van der Waals surface area contributed by atoms with Crippen molar-refractivity contribution < 1.29 is 4.79 Å². The van der Waals surface area contributed by atoms with Gasteiger partial charge in [-0.3, -0.25) is 14.2 Å². The van der Waals surface area contributed by atoms with Gasteiger partial charge in [-0.2, -0.15) is 0 Å². The molecule has 1 aliphatic rings. The molecular formula is C25H25N3O2S. The van der Waals surface area contributed by atoms with Crippen LogP contribution in [0.25, 0.3) is 21.0 Å². The molecule has 1 unspecified atom stereocenters. The number of aromatic nitrogens is 2. The zero-order valence-electron chi connectivity index (χ0n) is 17.6. The maximum Gasteiger partial charge on any atom is 0.262 e. The fourth-order valence-electron chi connectivity index (χ4n) is 4.58. The number of rotatable bonds is 5. The lowest BCUT2D eigenvalue weighted by Gasteiger charge is -2.17. The molecule has 1 N–H and O–H groups in total. The number of benzene rings is 2. The highest BCUT2D eigenvalue weighted by molar-refractivity contribution is 7.18. The first-order chi connectivity index (χ1) is 15.1. The largest absolute Gasteiger partial charge is 0.350 e. The molecule has 2 heterocycles. The first-order valence-electron chi connectivity index (χ1n) is 10.9. The van der Waals surface area contributed by atoms with Crippen LogP contribution in [0.2, 0.25) is 0 Å². The van der Waals surface area contributed by atoms with Crippen LogP contribution in [0.4, 0.5) is 0 Å². The van der Waals surface area contributed by atoms with Gasteiger partial charge in [0.2, 0.25) is 5.91 Å². The van der Waals surface area contributed by atoms with E-state index in [-0.39, 0.29) is 23.9 Å². The summed E-state index contributed by atoms with van der Waals surface area (Å²) >= 11 is 1.65. The smallest absolute Gasteiger partial charge is 0.262 e. The van der Waals surface area contributed by atoms with E-state index in [9.17, 15) is 9.59 Å². The third-order valence-corrected chi connectivity index (χ3v) is 7.39. The third-order valence-electron chi connectivity index (χ3n) is 6.19. The monoisotopic (exact) mass is 431 g/mol. The Morgan fingerprint density at radius 3 is 2.87 bits per heavy atom. The first-order valence-corrected chi connectivity index (χ1v) is 11.7. The number of amides is 1. The molecule has 0 radical (unpaired) electrons. The second kappa shape index (κ2) is 8.27. The number of carbonyl (C=O) groups is 1. The Balaban J connectivity index is 1.31. The van der Waals surface area contributed by atoms with E-state index < -0.39 is 0 Å². The summed E-state index contributed by atoms with van der Waals surface area (Å²) in [6.07, 6.45) is 6.15. The third kappa shape index (κ3) is 3.76. The highest BCUT2D eigenvalue weighted by Crippen LogP contribution is 2.33. The van der Waals surface area contributed by atoms with Gasteiger partial charge in [-0.25, -0.2) is 4.98 Å². The predicted octanol–water partition coefficient (Wildman–Crippen LogP) is 4.76. The van der Waals surface area contributed by atoms with Gasteiger partial charge in [0.05, 0.1) is 17.8 Å². The molecule has 4 aromatic rings. The van der Waals surface area contributed by atoms with E-state index in [0.29, 0.717) is 6.54 Å². The van der Waals surface area contributed by atoms with Crippen molar-refractivity contribution in [3.63, 3.8) is 0 Å². The molecule has 2 aromatic heterocycles. The summed E-state index contributed by atoms with van der Waals surface area (Å²) in [4.78, 5) is 32.4. The first kappa shape index (κ1) is 19.9. The summed E-state index contributed by atoms with van der Waals surface area (Å²) in [6, 6.07) is 14.2. The quantitative estimate of drug-likeness (QED) is 0.496. The summed E-state index contributed by atoms with van der Waals surface area (Å²) in [5, 5.41) is 6.16. The average molecular weight is 432 g/mol. The van der Waals surface area contributed by atoms with Crippen LogP contribution in [0.5, 0.6) is 0 Å². The van der Waals surface area contributed by atoms with Gasteiger partial charge >= 0.3 is 0 Å². The lowest BCUT2D eigenvalue weighted by molar-refractivity contribution is -0.121. The van der Waals surface area contributed by atoms with Crippen molar-refractivity contribution in [1.82, 2.24) is 14.9 Å². The Bertz CT molecular complexity index is 1330. The number of aryl methyl sites for hydroxylation is 3. The van der Waals surface area contributed by atoms with Gasteiger partial charge in [-0.15, -0.1) is 11.3 Å². The van der Waals surface area contributed by atoms with Crippen molar-refractivity contribution in [3.05, 3.63) is 75.1 Å². The van der Waals surface area contributed by atoms with Gasteiger partial charge in [0.1, 0.15) is 4.83 Å². The van der Waals surface area contributed by atoms with Crippen LogP contribution < -0.4 is 10.9 Å². The van der Waals surface area contributed by atoms with E-state index in [2.05, 4.69) is 34.6 Å². The van der Waals surface area contributed by atoms with Crippen LogP contribution in [0.15, 0.2) is 53.6 Å². The van der Waals surface area contributed by atoms with Crippen molar-refractivity contribution in [2.24, 2.45) is 0 Å². The maximum absolute atomic E-state index is 13.1. The van der Waals surface area contributed by atoms with Gasteiger partial charge in [0.15, 0.2) is 0 Å². The second-order valence-corrected chi connectivity index (χ2v) is 9.33. The van der Waals surface area contributed by atoms with Crippen LogP contribution in [0.3, 0.4) is 0 Å². The van der Waals surface area contributed by atoms with Gasteiger partial charge in [-0.1, -0.05) is 42.5 Å². The molecule has 5 nitrogen and oxygen atoms in total. The molecule has 1 amide bonds. The van der Waals surface area contributed by atoms with Gasteiger partial charge in [0, 0.05) is 17.8 Å².